The van der Waals surface area contributed by atoms with Gasteiger partial charge in [-0.15, -0.1) is 0 Å². The number of carbonyl (C=O) groups excluding carboxylic acids is 1. The zero-order valence-corrected chi connectivity index (χ0v) is 16.7. The summed E-state index contributed by atoms with van der Waals surface area (Å²) in [5.74, 6) is -1.28. The highest BCUT2D eigenvalue weighted by Crippen LogP contribution is 2.30. The summed E-state index contributed by atoms with van der Waals surface area (Å²) in [5.41, 5.74) is 1.19. The van der Waals surface area contributed by atoms with E-state index in [4.69, 9.17) is 16.3 Å². The molecule has 4 rings (SSSR count). The highest BCUT2D eigenvalue weighted by molar-refractivity contribution is 6.31. The highest BCUT2D eigenvalue weighted by atomic mass is 35.5. The molecule has 0 radical (unpaired) electrons. The lowest BCUT2D eigenvalue weighted by Gasteiger charge is -2.18. The number of hydrogen-bond acceptors (Lipinski definition) is 4. The van der Waals surface area contributed by atoms with Crippen molar-refractivity contribution in [3.05, 3.63) is 77.2 Å². The van der Waals surface area contributed by atoms with Crippen LogP contribution in [0.25, 0.3) is 17.0 Å². The van der Waals surface area contributed by atoms with Crippen molar-refractivity contribution in [2.45, 2.75) is 0 Å². The van der Waals surface area contributed by atoms with Crippen molar-refractivity contribution in [2.75, 3.05) is 19.1 Å². The number of anilines is 1. The van der Waals surface area contributed by atoms with Gasteiger partial charge in [0.2, 0.25) is 5.78 Å². The average molecular weight is 429 g/mol. The molecule has 0 spiro atoms. The van der Waals surface area contributed by atoms with E-state index in [0.29, 0.717) is 11.3 Å². The van der Waals surface area contributed by atoms with Crippen molar-refractivity contribution >= 4 is 29.0 Å². The second-order valence-corrected chi connectivity index (χ2v) is 6.82. The van der Waals surface area contributed by atoms with Crippen LogP contribution in [0.2, 0.25) is 5.02 Å². The van der Waals surface area contributed by atoms with Crippen molar-refractivity contribution < 1.29 is 18.3 Å². The fraction of sp³-hybridized carbons (Fsp3) is 0.0952. The third kappa shape index (κ3) is 3.35. The number of methoxy groups -OCH3 is 1. The molecule has 30 heavy (non-hydrogen) atoms. The van der Waals surface area contributed by atoms with Gasteiger partial charge in [0.25, 0.3) is 5.91 Å². The number of carbonyl (C=O) groups is 1. The van der Waals surface area contributed by atoms with Crippen LogP contribution in [0.4, 0.5) is 14.5 Å². The third-order valence-electron chi connectivity index (χ3n) is 4.63. The predicted octanol–water partition coefficient (Wildman–Crippen LogP) is 4.61. The van der Waals surface area contributed by atoms with Crippen molar-refractivity contribution in [3.63, 3.8) is 0 Å². The molecule has 0 saturated heterocycles. The summed E-state index contributed by atoms with van der Waals surface area (Å²) in [6.07, 6.45) is 3.18. The molecule has 0 bridgehead atoms. The largest absolute Gasteiger partial charge is 0.494 e. The molecule has 2 aromatic carbocycles. The van der Waals surface area contributed by atoms with Gasteiger partial charge in [0.05, 0.1) is 12.1 Å². The normalized spacial score (nSPS) is 11.0. The molecule has 4 aromatic rings. The molecule has 0 aliphatic carbocycles. The number of fused-ring (bicyclic) bond motifs is 1. The Hall–Kier alpha value is -3.52. The number of hydrogen-bond donors (Lipinski definition) is 0. The minimum Gasteiger partial charge on any atom is -0.494 e. The Kier molecular flexibility index (Phi) is 5.09. The predicted molar refractivity (Wildman–Crippen MR) is 109 cm³/mol. The minimum absolute atomic E-state index is 0.0755. The van der Waals surface area contributed by atoms with E-state index >= 15 is 0 Å². The molecule has 0 atom stereocenters. The van der Waals surface area contributed by atoms with Crippen LogP contribution in [-0.2, 0) is 0 Å². The van der Waals surface area contributed by atoms with E-state index in [-0.39, 0.29) is 27.9 Å². The van der Waals surface area contributed by atoms with Gasteiger partial charge in [-0.05, 0) is 42.5 Å². The first-order valence-corrected chi connectivity index (χ1v) is 9.18. The second kappa shape index (κ2) is 7.72. The smallest absolute Gasteiger partial charge is 0.277 e. The molecule has 0 aliphatic rings. The standard InChI is InChI=1S/C21H15ClF2N4O2/c1-27(13-5-6-15(23)14(22)11-13)20(29)19-18(26-21-25-8-3-9-28(19)21)12-4-7-17(30-2)16(24)10-12/h3-11H,1-2H3. The number of ether oxygens (including phenoxy) is 1. The Labute approximate surface area is 175 Å². The zero-order valence-electron chi connectivity index (χ0n) is 15.9. The van der Waals surface area contributed by atoms with Crippen molar-refractivity contribution in [1.29, 1.82) is 0 Å². The topological polar surface area (TPSA) is 59.7 Å². The first-order chi connectivity index (χ1) is 14.4. The molecule has 0 N–H and O–H groups in total. The molecule has 152 valence electrons. The Bertz CT molecular complexity index is 1280. The van der Waals surface area contributed by atoms with E-state index in [1.807, 2.05) is 0 Å². The number of halogens is 3. The molecule has 2 heterocycles. The summed E-state index contributed by atoms with van der Waals surface area (Å²) in [4.78, 5) is 23.3. The van der Waals surface area contributed by atoms with Gasteiger partial charge in [-0.1, -0.05) is 11.6 Å². The first-order valence-electron chi connectivity index (χ1n) is 8.81. The summed E-state index contributed by atoms with van der Waals surface area (Å²) in [6, 6.07) is 9.92. The summed E-state index contributed by atoms with van der Waals surface area (Å²) in [6.45, 7) is 0. The average Bonchev–Trinajstić information content (AvgIpc) is 3.14. The summed E-state index contributed by atoms with van der Waals surface area (Å²) < 4.78 is 34.3. The molecular weight excluding hydrogens is 414 g/mol. The second-order valence-electron chi connectivity index (χ2n) is 6.41. The monoisotopic (exact) mass is 428 g/mol. The van der Waals surface area contributed by atoms with Crippen LogP contribution in [0, 0.1) is 11.6 Å². The van der Waals surface area contributed by atoms with Crippen LogP contribution in [-0.4, -0.2) is 34.4 Å². The van der Waals surface area contributed by atoms with Gasteiger partial charge in [0, 0.05) is 30.7 Å². The molecule has 1 amide bonds. The van der Waals surface area contributed by atoms with Crippen LogP contribution in [0.15, 0.2) is 54.9 Å². The van der Waals surface area contributed by atoms with Crippen molar-refractivity contribution in [1.82, 2.24) is 14.4 Å². The van der Waals surface area contributed by atoms with E-state index in [1.165, 1.54) is 53.8 Å². The molecule has 9 heteroatoms. The van der Waals surface area contributed by atoms with E-state index in [9.17, 15) is 13.6 Å². The fourth-order valence-corrected chi connectivity index (χ4v) is 3.25. The van der Waals surface area contributed by atoms with Gasteiger partial charge in [0.15, 0.2) is 11.6 Å². The zero-order chi connectivity index (χ0) is 21.4. The van der Waals surface area contributed by atoms with Crippen LogP contribution in [0.5, 0.6) is 5.75 Å². The molecule has 0 fully saturated rings. The van der Waals surface area contributed by atoms with Crippen LogP contribution in [0.1, 0.15) is 10.5 Å². The maximum Gasteiger partial charge on any atom is 0.277 e. The van der Waals surface area contributed by atoms with Crippen molar-refractivity contribution in [3.8, 4) is 17.0 Å². The van der Waals surface area contributed by atoms with Gasteiger partial charge >= 0.3 is 0 Å². The SMILES string of the molecule is COc1ccc(-c2nc3ncccn3c2C(=O)N(C)c2ccc(F)c(Cl)c2)cc1F. The summed E-state index contributed by atoms with van der Waals surface area (Å²) in [7, 11) is 2.89. The molecule has 0 aliphatic heterocycles. The Morgan fingerprint density at radius 2 is 1.97 bits per heavy atom. The quantitative estimate of drug-likeness (QED) is 0.476. The van der Waals surface area contributed by atoms with Gasteiger partial charge < -0.3 is 9.64 Å². The number of benzene rings is 2. The summed E-state index contributed by atoms with van der Waals surface area (Å²) in [5, 5.41) is -0.107. The van der Waals surface area contributed by atoms with Gasteiger partial charge in [-0.2, -0.15) is 0 Å². The van der Waals surface area contributed by atoms with E-state index in [1.54, 1.807) is 24.5 Å². The maximum absolute atomic E-state index is 14.3. The lowest BCUT2D eigenvalue weighted by molar-refractivity contribution is 0.0988. The fourth-order valence-electron chi connectivity index (χ4n) is 3.08. The van der Waals surface area contributed by atoms with Crippen molar-refractivity contribution in [2.24, 2.45) is 0 Å². The Balaban J connectivity index is 1.87. The number of amides is 1. The third-order valence-corrected chi connectivity index (χ3v) is 4.92. The molecule has 2 aromatic heterocycles. The number of rotatable bonds is 4. The van der Waals surface area contributed by atoms with E-state index in [0.717, 1.165) is 0 Å². The Morgan fingerprint density at radius 3 is 2.67 bits per heavy atom. The lowest BCUT2D eigenvalue weighted by Crippen LogP contribution is -2.28. The van der Waals surface area contributed by atoms with E-state index < -0.39 is 17.5 Å². The van der Waals surface area contributed by atoms with Gasteiger partial charge in [0.1, 0.15) is 17.2 Å². The minimum atomic E-state index is -0.588. The van der Waals surface area contributed by atoms with Gasteiger partial charge in [-0.25, -0.2) is 18.7 Å². The number of aromatic nitrogens is 3. The molecule has 6 nitrogen and oxygen atoms in total. The Morgan fingerprint density at radius 1 is 1.17 bits per heavy atom. The molecule has 0 saturated carbocycles. The van der Waals surface area contributed by atoms with Crippen LogP contribution < -0.4 is 9.64 Å². The number of imidazole rings is 1. The summed E-state index contributed by atoms with van der Waals surface area (Å²) >= 11 is 5.86. The van der Waals surface area contributed by atoms with E-state index in [2.05, 4.69) is 9.97 Å². The van der Waals surface area contributed by atoms with Crippen LogP contribution >= 0.6 is 11.6 Å². The highest BCUT2D eigenvalue weighted by Gasteiger charge is 2.25. The maximum atomic E-state index is 14.3. The lowest BCUT2D eigenvalue weighted by atomic mass is 10.1. The van der Waals surface area contributed by atoms with Crippen LogP contribution in [0.3, 0.4) is 0 Å². The first kappa shape index (κ1) is 19.8. The molecule has 0 unspecified atom stereocenters. The molecular formula is C21H15ClF2N4O2. The number of nitrogens with zero attached hydrogens (tertiary/aromatic N) is 4. The van der Waals surface area contributed by atoms with Gasteiger partial charge in [-0.3, -0.25) is 9.20 Å².